The molecular weight excluding hydrogens is 301 g/mol. The fourth-order valence-corrected chi connectivity index (χ4v) is 2.77. The summed E-state index contributed by atoms with van der Waals surface area (Å²) in [5, 5.41) is 3.30. The number of nitrogens with zero attached hydrogens (tertiary/aromatic N) is 2. The largest absolute Gasteiger partial charge is 0.355 e. The van der Waals surface area contributed by atoms with Crippen molar-refractivity contribution in [1.29, 1.82) is 0 Å². The van der Waals surface area contributed by atoms with E-state index in [1.165, 1.54) is 23.9 Å². The van der Waals surface area contributed by atoms with E-state index in [-0.39, 0.29) is 17.0 Å². The van der Waals surface area contributed by atoms with Crippen LogP contribution in [0, 0.1) is 11.7 Å². The molecule has 0 saturated carbocycles. The standard InChI is InChI=1S/C16H20FN3OS/c1-11(2)10-19-15(21)12(3)22-16-18-7-8-20(16)14-6-4-5-13(17)9-14/h4-9,11-12H,10H2,1-3H3,(H,19,21). The third kappa shape index (κ3) is 4.34. The maximum Gasteiger partial charge on any atom is 0.233 e. The number of rotatable bonds is 6. The molecule has 0 saturated heterocycles. The van der Waals surface area contributed by atoms with Crippen LogP contribution in [-0.2, 0) is 4.79 Å². The molecule has 0 aliphatic rings. The van der Waals surface area contributed by atoms with Gasteiger partial charge in [0.25, 0.3) is 0 Å². The first-order valence-corrected chi connectivity index (χ1v) is 8.09. The quantitative estimate of drug-likeness (QED) is 0.831. The number of carbonyl (C=O) groups is 1. The molecule has 1 atom stereocenters. The number of hydrogen-bond donors (Lipinski definition) is 1. The molecule has 0 bridgehead atoms. The summed E-state index contributed by atoms with van der Waals surface area (Å²) >= 11 is 1.35. The van der Waals surface area contributed by atoms with Gasteiger partial charge in [-0.15, -0.1) is 0 Å². The number of benzene rings is 1. The number of hydrogen-bond acceptors (Lipinski definition) is 3. The number of aromatic nitrogens is 2. The normalized spacial score (nSPS) is 12.4. The fourth-order valence-electron chi connectivity index (χ4n) is 1.86. The van der Waals surface area contributed by atoms with Crippen LogP contribution in [0.15, 0.2) is 41.8 Å². The lowest BCUT2D eigenvalue weighted by Gasteiger charge is -2.14. The van der Waals surface area contributed by atoms with Crippen molar-refractivity contribution in [2.75, 3.05) is 6.54 Å². The second-order valence-electron chi connectivity index (χ2n) is 5.46. The van der Waals surface area contributed by atoms with Gasteiger partial charge < -0.3 is 5.32 Å². The number of carbonyl (C=O) groups excluding carboxylic acids is 1. The number of thioether (sulfide) groups is 1. The molecule has 2 aromatic rings. The summed E-state index contributed by atoms with van der Waals surface area (Å²) in [6.07, 6.45) is 3.40. The van der Waals surface area contributed by atoms with E-state index in [1.54, 1.807) is 29.1 Å². The highest BCUT2D eigenvalue weighted by Crippen LogP contribution is 2.24. The molecule has 0 aliphatic carbocycles. The van der Waals surface area contributed by atoms with Gasteiger partial charge >= 0.3 is 0 Å². The predicted molar refractivity (Wildman–Crippen MR) is 86.7 cm³/mol. The number of nitrogens with one attached hydrogen (secondary N) is 1. The minimum absolute atomic E-state index is 0.0208. The summed E-state index contributed by atoms with van der Waals surface area (Å²) in [6.45, 7) is 6.59. The monoisotopic (exact) mass is 321 g/mol. The van der Waals surface area contributed by atoms with Crippen molar-refractivity contribution in [2.24, 2.45) is 5.92 Å². The van der Waals surface area contributed by atoms with E-state index in [0.29, 0.717) is 23.3 Å². The lowest BCUT2D eigenvalue weighted by atomic mass is 10.2. The Morgan fingerprint density at radius 3 is 2.86 bits per heavy atom. The van der Waals surface area contributed by atoms with Crippen molar-refractivity contribution in [3.8, 4) is 5.69 Å². The van der Waals surface area contributed by atoms with Crippen molar-refractivity contribution in [2.45, 2.75) is 31.2 Å². The number of imidazole rings is 1. The fraction of sp³-hybridized carbons (Fsp3) is 0.375. The van der Waals surface area contributed by atoms with Gasteiger partial charge in [0, 0.05) is 18.9 Å². The van der Waals surface area contributed by atoms with Crippen LogP contribution < -0.4 is 5.32 Å². The summed E-state index contributed by atoms with van der Waals surface area (Å²) in [4.78, 5) is 16.3. The highest BCUT2D eigenvalue weighted by Gasteiger charge is 2.17. The second kappa shape index (κ2) is 7.45. The Hall–Kier alpha value is -1.82. The van der Waals surface area contributed by atoms with Crippen molar-refractivity contribution >= 4 is 17.7 Å². The Kier molecular flexibility index (Phi) is 5.60. The van der Waals surface area contributed by atoms with Gasteiger partial charge in [0.15, 0.2) is 5.16 Å². The maximum absolute atomic E-state index is 13.4. The molecule has 1 aromatic carbocycles. The Morgan fingerprint density at radius 1 is 1.41 bits per heavy atom. The first-order valence-electron chi connectivity index (χ1n) is 7.21. The van der Waals surface area contributed by atoms with Crippen LogP contribution in [0.4, 0.5) is 4.39 Å². The van der Waals surface area contributed by atoms with E-state index in [4.69, 9.17) is 0 Å². The molecule has 4 nitrogen and oxygen atoms in total. The molecule has 0 radical (unpaired) electrons. The zero-order valence-electron chi connectivity index (χ0n) is 12.9. The first kappa shape index (κ1) is 16.5. The molecule has 22 heavy (non-hydrogen) atoms. The van der Waals surface area contributed by atoms with Crippen molar-refractivity contribution in [3.63, 3.8) is 0 Å². The van der Waals surface area contributed by atoms with Crippen LogP contribution >= 0.6 is 11.8 Å². The summed E-state index contributed by atoms with van der Waals surface area (Å²) in [6, 6.07) is 6.29. The molecule has 1 N–H and O–H groups in total. The minimum Gasteiger partial charge on any atom is -0.355 e. The lowest BCUT2D eigenvalue weighted by Crippen LogP contribution is -2.33. The topological polar surface area (TPSA) is 46.9 Å². The summed E-state index contributed by atoms with van der Waals surface area (Å²) in [7, 11) is 0. The zero-order valence-corrected chi connectivity index (χ0v) is 13.7. The van der Waals surface area contributed by atoms with Gasteiger partial charge in [-0.3, -0.25) is 9.36 Å². The van der Waals surface area contributed by atoms with Crippen LogP contribution in [0.2, 0.25) is 0 Å². The van der Waals surface area contributed by atoms with Gasteiger partial charge in [-0.2, -0.15) is 0 Å². The lowest BCUT2D eigenvalue weighted by molar-refractivity contribution is -0.120. The van der Waals surface area contributed by atoms with Crippen LogP contribution in [0.3, 0.4) is 0 Å². The third-order valence-corrected chi connectivity index (χ3v) is 4.11. The van der Waals surface area contributed by atoms with Crippen molar-refractivity contribution < 1.29 is 9.18 Å². The minimum atomic E-state index is -0.301. The van der Waals surface area contributed by atoms with Crippen molar-refractivity contribution in [1.82, 2.24) is 14.9 Å². The molecule has 0 fully saturated rings. The Balaban J connectivity index is 2.08. The zero-order chi connectivity index (χ0) is 16.1. The molecule has 2 rings (SSSR count). The Morgan fingerprint density at radius 2 is 2.18 bits per heavy atom. The molecule has 1 amide bonds. The molecule has 6 heteroatoms. The maximum atomic E-state index is 13.4. The molecule has 0 spiro atoms. The SMILES string of the molecule is CC(C)CNC(=O)C(C)Sc1nccn1-c1cccc(F)c1. The summed E-state index contributed by atoms with van der Waals surface area (Å²) in [5.41, 5.74) is 0.690. The van der Waals surface area contributed by atoms with Crippen molar-refractivity contribution in [3.05, 3.63) is 42.5 Å². The molecular formula is C16H20FN3OS. The Labute approximate surface area is 134 Å². The van der Waals surface area contributed by atoms with Gasteiger partial charge in [-0.05, 0) is 31.0 Å². The molecule has 1 unspecified atom stereocenters. The van der Waals surface area contributed by atoms with E-state index in [9.17, 15) is 9.18 Å². The number of halogens is 1. The van der Waals surface area contributed by atoms with E-state index < -0.39 is 0 Å². The van der Waals surface area contributed by atoms with E-state index in [1.807, 2.05) is 6.92 Å². The second-order valence-corrected chi connectivity index (χ2v) is 6.77. The van der Waals surface area contributed by atoms with E-state index >= 15 is 0 Å². The molecule has 1 aromatic heterocycles. The van der Waals surface area contributed by atoms with Crippen LogP contribution in [0.5, 0.6) is 0 Å². The van der Waals surface area contributed by atoms with Crippen LogP contribution in [0.25, 0.3) is 5.69 Å². The first-order chi connectivity index (χ1) is 10.5. The van der Waals surface area contributed by atoms with E-state index in [2.05, 4.69) is 24.1 Å². The van der Waals surface area contributed by atoms with Gasteiger partial charge in [-0.1, -0.05) is 31.7 Å². The van der Waals surface area contributed by atoms with Crippen LogP contribution in [0.1, 0.15) is 20.8 Å². The highest BCUT2D eigenvalue weighted by atomic mass is 32.2. The smallest absolute Gasteiger partial charge is 0.233 e. The average molecular weight is 321 g/mol. The van der Waals surface area contributed by atoms with Gasteiger partial charge in [-0.25, -0.2) is 9.37 Å². The van der Waals surface area contributed by atoms with Gasteiger partial charge in [0.05, 0.1) is 10.9 Å². The molecule has 118 valence electrons. The van der Waals surface area contributed by atoms with Gasteiger partial charge in [0.2, 0.25) is 5.91 Å². The van der Waals surface area contributed by atoms with E-state index in [0.717, 1.165) is 0 Å². The number of amides is 1. The molecule has 1 heterocycles. The Bertz CT molecular complexity index is 642. The average Bonchev–Trinajstić information content (AvgIpc) is 2.92. The summed E-state index contributed by atoms with van der Waals surface area (Å²) < 4.78 is 15.1. The summed E-state index contributed by atoms with van der Waals surface area (Å²) in [5.74, 6) is 0.0906. The van der Waals surface area contributed by atoms with Gasteiger partial charge in [0.1, 0.15) is 5.82 Å². The highest BCUT2D eigenvalue weighted by molar-refractivity contribution is 8.00. The third-order valence-electron chi connectivity index (χ3n) is 3.03. The van der Waals surface area contributed by atoms with Crippen LogP contribution in [-0.4, -0.2) is 27.3 Å². The molecule has 0 aliphatic heterocycles. The predicted octanol–water partition coefficient (Wildman–Crippen LogP) is 3.26.